The summed E-state index contributed by atoms with van der Waals surface area (Å²) >= 11 is 0. The van der Waals surface area contributed by atoms with E-state index in [1.807, 2.05) is 11.8 Å². The number of carboxylic acids is 1. The molecule has 2 unspecified atom stereocenters. The molecule has 1 saturated heterocycles. The van der Waals surface area contributed by atoms with Gasteiger partial charge >= 0.3 is 12.0 Å². The summed E-state index contributed by atoms with van der Waals surface area (Å²) in [7, 11) is 0. The van der Waals surface area contributed by atoms with Crippen LogP contribution >= 0.6 is 0 Å². The van der Waals surface area contributed by atoms with Gasteiger partial charge in [-0.2, -0.15) is 0 Å². The molecule has 1 aliphatic carbocycles. The van der Waals surface area contributed by atoms with E-state index < -0.39 is 11.9 Å². The van der Waals surface area contributed by atoms with Gasteiger partial charge in [-0.1, -0.05) is 6.92 Å². The summed E-state index contributed by atoms with van der Waals surface area (Å²) in [6, 6.07) is 0.247. The van der Waals surface area contributed by atoms with E-state index in [9.17, 15) is 9.59 Å². The van der Waals surface area contributed by atoms with E-state index in [2.05, 4.69) is 6.92 Å². The normalized spacial score (nSPS) is 27.3. The van der Waals surface area contributed by atoms with Crippen LogP contribution in [0, 0.1) is 5.92 Å². The standard InChI is InChI=1S/C13H22N2O3/c1-3-7-15(10-4-5-10)13(18)14-8-6-11(9(14)2)12(16)17/h9-11H,3-8H2,1-2H3,(H,16,17). The van der Waals surface area contributed by atoms with Crippen LogP contribution in [0.1, 0.15) is 39.5 Å². The monoisotopic (exact) mass is 254 g/mol. The summed E-state index contributed by atoms with van der Waals surface area (Å²) in [4.78, 5) is 27.2. The molecule has 2 atom stereocenters. The summed E-state index contributed by atoms with van der Waals surface area (Å²) < 4.78 is 0. The van der Waals surface area contributed by atoms with Crippen molar-refractivity contribution in [3.8, 4) is 0 Å². The number of carbonyl (C=O) groups is 2. The number of nitrogens with zero attached hydrogens (tertiary/aromatic N) is 2. The molecule has 0 aromatic heterocycles. The number of amides is 2. The van der Waals surface area contributed by atoms with Gasteiger partial charge in [0, 0.05) is 25.2 Å². The highest BCUT2D eigenvalue weighted by atomic mass is 16.4. The van der Waals surface area contributed by atoms with Crippen molar-refractivity contribution in [2.24, 2.45) is 5.92 Å². The van der Waals surface area contributed by atoms with E-state index in [0.29, 0.717) is 19.0 Å². The lowest BCUT2D eigenvalue weighted by atomic mass is 10.0. The number of likely N-dealkylation sites (tertiary alicyclic amines) is 1. The minimum Gasteiger partial charge on any atom is -0.481 e. The molecule has 0 spiro atoms. The first-order valence-corrected chi connectivity index (χ1v) is 6.86. The van der Waals surface area contributed by atoms with E-state index >= 15 is 0 Å². The third kappa shape index (κ3) is 2.44. The zero-order chi connectivity index (χ0) is 13.3. The van der Waals surface area contributed by atoms with Crippen molar-refractivity contribution in [3.63, 3.8) is 0 Å². The molecule has 5 heteroatoms. The number of aliphatic carboxylic acids is 1. The summed E-state index contributed by atoms with van der Waals surface area (Å²) in [5, 5.41) is 9.10. The molecule has 1 N–H and O–H groups in total. The molecule has 18 heavy (non-hydrogen) atoms. The lowest BCUT2D eigenvalue weighted by Crippen LogP contribution is -2.47. The number of carboxylic acid groups (broad SMARTS) is 1. The molecular weight excluding hydrogens is 232 g/mol. The Hall–Kier alpha value is -1.26. The van der Waals surface area contributed by atoms with Gasteiger partial charge in [0.1, 0.15) is 0 Å². The average Bonchev–Trinajstić information content (AvgIpc) is 3.08. The van der Waals surface area contributed by atoms with Crippen molar-refractivity contribution in [1.82, 2.24) is 9.80 Å². The molecule has 1 saturated carbocycles. The minimum atomic E-state index is -0.786. The predicted molar refractivity (Wildman–Crippen MR) is 67.3 cm³/mol. The molecule has 102 valence electrons. The van der Waals surface area contributed by atoms with Gasteiger partial charge in [-0.05, 0) is 32.6 Å². The maximum absolute atomic E-state index is 12.5. The van der Waals surface area contributed by atoms with Crippen molar-refractivity contribution in [2.45, 2.75) is 51.6 Å². The minimum absolute atomic E-state index is 0.0376. The summed E-state index contributed by atoms with van der Waals surface area (Å²) in [6.07, 6.45) is 3.71. The highest BCUT2D eigenvalue weighted by Crippen LogP contribution is 2.31. The van der Waals surface area contributed by atoms with Gasteiger partial charge in [0.2, 0.25) is 0 Å². The Bertz CT molecular complexity index is 341. The van der Waals surface area contributed by atoms with E-state index in [1.165, 1.54) is 0 Å². The molecule has 1 aliphatic heterocycles. The van der Waals surface area contributed by atoms with Gasteiger partial charge in [0.05, 0.1) is 5.92 Å². The average molecular weight is 254 g/mol. The van der Waals surface area contributed by atoms with Crippen LogP contribution in [-0.2, 0) is 4.79 Å². The Morgan fingerprint density at radius 3 is 2.44 bits per heavy atom. The van der Waals surface area contributed by atoms with Gasteiger partial charge in [0.25, 0.3) is 0 Å². The number of urea groups is 1. The Balaban J connectivity index is 2.02. The highest BCUT2D eigenvalue weighted by molar-refractivity contribution is 5.78. The van der Waals surface area contributed by atoms with E-state index in [-0.39, 0.29) is 12.1 Å². The van der Waals surface area contributed by atoms with E-state index in [1.54, 1.807) is 4.90 Å². The molecule has 5 nitrogen and oxygen atoms in total. The smallest absolute Gasteiger partial charge is 0.320 e. The van der Waals surface area contributed by atoms with Gasteiger partial charge in [0.15, 0.2) is 0 Å². The second kappa shape index (κ2) is 5.16. The van der Waals surface area contributed by atoms with Crippen LogP contribution in [-0.4, -0.2) is 52.1 Å². The molecule has 2 rings (SSSR count). The van der Waals surface area contributed by atoms with Gasteiger partial charge < -0.3 is 14.9 Å². The summed E-state index contributed by atoms with van der Waals surface area (Å²) in [5.74, 6) is -1.19. The van der Waals surface area contributed by atoms with Crippen molar-refractivity contribution < 1.29 is 14.7 Å². The molecule has 0 aromatic carbocycles. The zero-order valence-electron chi connectivity index (χ0n) is 11.1. The second-order valence-electron chi connectivity index (χ2n) is 5.37. The van der Waals surface area contributed by atoms with Crippen molar-refractivity contribution in [1.29, 1.82) is 0 Å². The summed E-state index contributed by atoms with van der Waals surface area (Å²) in [5.41, 5.74) is 0. The predicted octanol–water partition coefficient (Wildman–Crippen LogP) is 1.78. The second-order valence-corrected chi connectivity index (χ2v) is 5.37. The third-order valence-electron chi connectivity index (χ3n) is 4.02. The Kier molecular flexibility index (Phi) is 3.78. The first-order chi connectivity index (χ1) is 8.56. The molecular formula is C13H22N2O3. The van der Waals surface area contributed by atoms with Gasteiger partial charge in [-0.25, -0.2) is 4.79 Å². The maximum Gasteiger partial charge on any atom is 0.320 e. The molecule has 2 fully saturated rings. The maximum atomic E-state index is 12.5. The fraction of sp³-hybridized carbons (Fsp3) is 0.846. The first-order valence-electron chi connectivity index (χ1n) is 6.86. The molecule has 2 aliphatic rings. The number of carbonyl (C=O) groups excluding carboxylic acids is 1. The molecule has 0 aromatic rings. The largest absolute Gasteiger partial charge is 0.481 e. The molecule has 0 bridgehead atoms. The van der Waals surface area contributed by atoms with Crippen molar-refractivity contribution in [2.75, 3.05) is 13.1 Å². The number of hydrogen-bond acceptors (Lipinski definition) is 2. The number of hydrogen-bond donors (Lipinski definition) is 1. The number of rotatable bonds is 4. The van der Waals surface area contributed by atoms with Crippen LogP contribution in [0.3, 0.4) is 0 Å². The fourth-order valence-corrected chi connectivity index (χ4v) is 2.77. The fourth-order valence-electron chi connectivity index (χ4n) is 2.77. The topological polar surface area (TPSA) is 60.9 Å². The van der Waals surface area contributed by atoms with Crippen LogP contribution in [0.2, 0.25) is 0 Å². The highest BCUT2D eigenvalue weighted by Gasteiger charge is 2.42. The quantitative estimate of drug-likeness (QED) is 0.831. The lowest BCUT2D eigenvalue weighted by molar-refractivity contribution is -0.142. The van der Waals surface area contributed by atoms with Crippen molar-refractivity contribution in [3.05, 3.63) is 0 Å². The summed E-state index contributed by atoms with van der Waals surface area (Å²) in [6.45, 7) is 5.27. The van der Waals surface area contributed by atoms with Gasteiger partial charge in [-0.15, -0.1) is 0 Å². The first kappa shape index (κ1) is 13.2. The molecule has 0 radical (unpaired) electrons. The van der Waals surface area contributed by atoms with Crippen LogP contribution < -0.4 is 0 Å². The van der Waals surface area contributed by atoms with Crippen molar-refractivity contribution >= 4 is 12.0 Å². The molecule has 2 amide bonds. The SMILES string of the molecule is CCCN(C(=O)N1CCC(C(=O)O)C1C)C1CC1. The molecule has 1 heterocycles. The van der Waals surface area contributed by atoms with Gasteiger partial charge in [-0.3, -0.25) is 4.79 Å². The Labute approximate surface area is 108 Å². The third-order valence-corrected chi connectivity index (χ3v) is 4.02. The van der Waals surface area contributed by atoms with Crippen LogP contribution in [0.15, 0.2) is 0 Å². The zero-order valence-corrected chi connectivity index (χ0v) is 11.1. The van der Waals surface area contributed by atoms with E-state index in [4.69, 9.17) is 5.11 Å². The van der Waals surface area contributed by atoms with Crippen LogP contribution in [0.25, 0.3) is 0 Å². The lowest BCUT2D eigenvalue weighted by Gasteiger charge is -2.31. The Morgan fingerprint density at radius 2 is 2.00 bits per heavy atom. The van der Waals surface area contributed by atoms with Crippen LogP contribution in [0.4, 0.5) is 4.79 Å². The Morgan fingerprint density at radius 1 is 1.33 bits per heavy atom. The van der Waals surface area contributed by atoms with E-state index in [0.717, 1.165) is 25.8 Å². The van der Waals surface area contributed by atoms with Crippen LogP contribution in [0.5, 0.6) is 0 Å².